The Labute approximate surface area is 104 Å². The minimum Gasteiger partial charge on any atom is -1.00 e. The number of nitrogens with zero attached hydrogens (tertiary/aromatic N) is 1. The molecule has 1 heterocycles. The molecule has 0 atom stereocenters. The van der Waals surface area contributed by atoms with Crippen molar-refractivity contribution in [3.8, 4) is 0 Å². The first kappa shape index (κ1) is 12.0. The van der Waals surface area contributed by atoms with Crippen LogP contribution in [-0.4, -0.2) is 54.3 Å². The van der Waals surface area contributed by atoms with Gasteiger partial charge in [0.2, 0.25) is 0 Å². The first-order valence-corrected chi connectivity index (χ1v) is 4.79. The topological polar surface area (TPSA) is 12.5 Å². The number of benzene rings is 1. The van der Waals surface area contributed by atoms with Crippen molar-refractivity contribution in [2.24, 2.45) is 0 Å². The van der Waals surface area contributed by atoms with E-state index in [2.05, 4.69) is 35.2 Å². The van der Waals surface area contributed by atoms with E-state index in [1.807, 2.05) is 0 Å². The van der Waals surface area contributed by atoms with E-state index in [1.165, 1.54) is 5.56 Å². The van der Waals surface area contributed by atoms with E-state index in [1.54, 1.807) is 0 Å². The SMILES string of the molecule is [H-].[H-].[Mg+2].c1ccc(CN2CCOCC2)cc1. The maximum atomic E-state index is 5.30. The molecule has 1 aliphatic heterocycles. The van der Waals surface area contributed by atoms with E-state index in [9.17, 15) is 0 Å². The third-order valence-corrected chi connectivity index (χ3v) is 2.35. The average Bonchev–Trinajstić information content (AvgIpc) is 2.21. The molecule has 0 amide bonds. The van der Waals surface area contributed by atoms with E-state index >= 15 is 0 Å². The van der Waals surface area contributed by atoms with Crippen LogP contribution in [0.15, 0.2) is 30.3 Å². The molecular weight excluding hydrogens is 186 g/mol. The molecule has 2 nitrogen and oxygen atoms in total. The Morgan fingerprint density at radius 3 is 2.43 bits per heavy atom. The van der Waals surface area contributed by atoms with Crippen molar-refractivity contribution in [2.45, 2.75) is 6.54 Å². The smallest absolute Gasteiger partial charge is 1.00 e. The predicted molar refractivity (Wildman–Crippen MR) is 60.5 cm³/mol. The summed E-state index contributed by atoms with van der Waals surface area (Å²) in [6, 6.07) is 10.6. The Kier molecular flexibility index (Phi) is 5.48. The van der Waals surface area contributed by atoms with Crippen LogP contribution < -0.4 is 0 Å². The zero-order valence-corrected chi connectivity index (χ0v) is 9.90. The molecule has 3 heteroatoms. The van der Waals surface area contributed by atoms with Crippen LogP contribution in [0.25, 0.3) is 0 Å². The molecule has 0 spiro atoms. The largest absolute Gasteiger partial charge is 2.00 e. The van der Waals surface area contributed by atoms with Gasteiger partial charge < -0.3 is 7.59 Å². The Morgan fingerprint density at radius 2 is 1.79 bits per heavy atom. The summed E-state index contributed by atoms with van der Waals surface area (Å²) in [6.07, 6.45) is 0. The molecule has 0 unspecified atom stereocenters. The van der Waals surface area contributed by atoms with Crippen LogP contribution >= 0.6 is 0 Å². The van der Waals surface area contributed by atoms with E-state index in [0.29, 0.717) is 0 Å². The van der Waals surface area contributed by atoms with Gasteiger partial charge in [0.15, 0.2) is 0 Å². The summed E-state index contributed by atoms with van der Waals surface area (Å²) < 4.78 is 5.30. The summed E-state index contributed by atoms with van der Waals surface area (Å²) in [4.78, 5) is 2.43. The van der Waals surface area contributed by atoms with Crippen molar-refractivity contribution in [2.75, 3.05) is 26.3 Å². The van der Waals surface area contributed by atoms with Crippen molar-refractivity contribution in [3.63, 3.8) is 0 Å². The Balaban J connectivity index is 0. The minimum absolute atomic E-state index is 0. The van der Waals surface area contributed by atoms with Crippen LogP contribution in [0.3, 0.4) is 0 Å². The fraction of sp³-hybridized carbons (Fsp3) is 0.455. The second-order valence-corrected chi connectivity index (χ2v) is 3.37. The molecule has 0 radical (unpaired) electrons. The third kappa shape index (κ3) is 3.57. The molecule has 0 saturated carbocycles. The molecule has 0 bridgehead atoms. The maximum absolute atomic E-state index is 5.30. The summed E-state index contributed by atoms with van der Waals surface area (Å²) in [5.74, 6) is 0. The quantitative estimate of drug-likeness (QED) is 0.673. The van der Waals surface area contributed by atoms with Crippen LogP contribution in [0.1, 0.15) is 8.42 Å². The van der Waals surface area contributed by atoms with Gasteiger partial charge in [0.05, 0.1) is 13.2 Å². The van der Waals surface area contributed by atoms with Gasteiger partial charge in [-0.1, -0.05) is 30.3 Å². The van der Waals surface area contributed by atoms with Gasteiger partial charge in [-0.3, -0.25) is 4.90 Å². The van der Waals surface area contributed by atoms with E-state index in [4.69, 9.17) is 4.74 Å². The van der Waals surface area contributed by atoms with Crippen LogP contribution in [0, 0.1) is 0 Å². The van der Waals surface area contributed by atoms with Gasteiger partial charge in [0.25, 0.3) is 0 Å². The number of hydrogen-bond acceptors (Lipinski definition) is 2. The molecular formula is C11H17MgNO. The number of rotatable bonds is 2. The van der Waals surface area contributed by atoms with Gasteiger partial charge in [-0.15, -0.1) is 0 Å². The van der Waals surface area contributed by atoms with Crippen molar-refractivity contribution >= 4 is 23.1 Å². The molecule has 0 aliphatic carbocycles. The average molecular weight is 204 g/mol. The molecule has 1 fully saturated rings. The Hall–Kier alpha value is -0.0938. The second-order valence-electron chi connectivity index (χ2n) is 3.37. The van der Waals surface area contributed by atoms with Crippen LogP contribution in [0.5, 0.6) is 0 Å². The Morgan fingerprint density at radius 1 is 1.14 bits per heavy atom. The zero-order valence-electron chi connectivity index (χ0n) is 10.5. The summed E-state index contributed by atoms with van der Waals surface area (Å²) in [6.45, 7) is 4.95. The van der Waals surface area contributed by atoms with Crippen molar-refractivity contribution < 1.29 is 7.59 Å². The van der Waals surface area contributed by atoms with E-state index < -0.39 is 0 Å². The minimum atomic E-state index is 0. The normalized spacial score (nSPS) is 17.4. The first-order chi connectivity index (χ1) is 6.45. The summed E-state index contributed by atoms with van der Waals surface area (Å²) in [7, 11) is 0. The molecule has 1 aromatic rings. The fourth-order valence-electron chi connectivity index (χ4n) is 1.60. The number of hydrogen-bond donors (Lipinski definition) is 0. The monoisotopic (exact) mass is 203 g/mol. The predicted octanol–water partition coefficient (Wildman–Crippen LogP) is 1.36. The van der Waals surface area contributed by atoms with Crippen molar-refractivity contribution in [3.05, 3.63) is 35.9 Å². The van der Waals surface area contributed by atoms with E-state index in [0.717, 1.165) is 32.8 Å². The van der Waals surface area contributed by atoms with Crippen LogP contribution in [0.2, 0.25) is 0 Å². The fourth-order valence-corrected chi connectivity index (χ4v) is 1.60. The maximum Gasteiger partial charge on any atom is 2.00 e. The third-order valence-electron chi connectivity index (χ3n) is 2.35. The molecule has 74 valence electrons. The molecule has 1 saturated heterocycles. The molecule has 14 heavy (non-hydrogen) atoms. The number of morpholine rings is 1. The summed E-state index contributed by atoms with van der Waals surface area (Å²) in [5, 5.41) is 0. The molecule has 2 rings (SSSR count). The van der Waals surface area contributed by atoms with Gasteiger partial charge in [-0.05, 0) is 5.56 Å². The molecule has 0 N–H and O–H groups in total. The molecule has 1 aliphatic rings. The van der Waals surface area contributed by atoms with Gasteiger partial charge in [-0.25, -0.2) is 0 Å². The van der Waals surface area contributed by atoms with Gasteiger partial charge >= 0.3 is 23.1 Å². The van der Waals surface area contributed by atoms with E-state index in [-0.39, 0.29) is 25.9 Å². The zero-order chi connectivity index (χ0) is 8.93. The second kappa shape index (κ2) is 6.40. The standard InChI is InChI=1S/C11H15NO.Mg.2H/c1-2-4-11(5-3-1)10-12-6-8-13-9-7-12;;;/h1-5H,6-10H2;;;/q;+2;2*-1. The van der Waals surface area contributed by atoms with Crippen LogP contribution in [0.4, 0.5) is 0 Å². The molecule has 1 aromatic carbocycles. The molecule has 0 aromatic heterocycles. The van der Waals surface area contributed by atoms with Gasteiger partial charge in [-0.2, -0.15) is 0 Å². The van der Waals surface area contributed by atoms with Gasteiger partial charge in [0.1, 0.15) is 0 Å². The van der Waals surface area contributed by atoms with Crippen molar-refractivity contribution in [1.82, 2.24) is 4.90 Å². The summed E-state index contributed by atoms with van der Waals surface area (Å²) >= 11 is 0. The summed E-state index contributed by atoms with van der Waals surface area (Å²) in [5.41, 5.74) is 1.39. The number of ether oxygens (including phenoxy) is 1. The van der Waals surface area contributed by atoms with Gasteiger partial charge in [0, 0.05) is 19.6 Å². The van der Waals surface area contributed by atoms with Crippen LogP contribution in [-0.2, 0) is 11.3 Å². The Bertz CT molecular complexity index is 255. The first-order valence-electron chi connectivity index (χ1n) is 4.79. The van der Waals surface area contributed by atoms with Crippen molar-refractivity contribution in [1.29, 1.82) is 0 Å².